The molecule has 0 unspecified atom stereocenters. The van der Waals surface area contributed by atoms with E-state index in [0.717, 1.165) is 25.2 Å². The van der Waals surface area contributed by atoms with Gasteiger partial charge in [0.05, 0.1) is 19.3 Å². The van der Waals surface area contributed by atoms with Gasteiger partial charge in [0, 0.05) is 18.8 Å². The highest BCUT2D eigenvalue weighted by molar-refractivity contribution is 5.72. The maximum atomic E-state index is 7.34. The summed E-state index contributed by atoms with van der Waals surface area (Å²) >= 11 is 0. The molecule has 0 saturated carbocycles. The van der Waals surface area contributed by atoms with Crippen LogP contribution in [-0.4, -0.2) is 36.2 Å². The standard InChI is InChI=1S/C20H24N8O/c1-7-12-28-19(22-5)18(21-4)24-20(28)26-25-16-11-10-15(27(8-2)9-3)13-17(16)23-14-29-6/h10-11,13-14H,7-9,12H2,1-3,6H3. The van der Waals surface area contributed by atoms with Crippen molar-refractivity contribution in [3.63, 3.8) is 0 Å². The molecule has 0 aliphatic rings. The van der Waals surface area contributed by atoms with Gasteiger partial charge in [-0.2, -0.15) is 0 Å². The van der Waals surface area contributed by atoms with Crippen molar-refractivity contribution in [3.8, 4) is 0 Å². The fourth-order valence-corrected chi connectivity index (χ4v) is 2.81. The van der Waals surface area contributed by atoms with Gasteiger partial charge in [-0.15, -0.1) is 5.11 Å². The van der Waals surface area contributed by atoms with Gasteiger partial charge in [0.15, 0.2) is 6.40 Å². The third kappa shape index (κ3) is 4.96. The van der Waals surface area contributed by atoms with E-state index < -0.39 is 0 Å². The van der Waals surface area contributed by atoms with Gasteiger partial charge >= 0.3 is 5.95 Å². The molecule has 1 heterocycles. The van der Waals surface area contributed by atoms with Gasteiger partial charge in [0.1, 0.15) is 5.69 Å². The zero-order chi connectivity index (χ0) is 21.2. The molecule has 2 rings (SSSR count). The van der Waals surface area contributed by atoms with Gasteiger partial charge in [-0.25, -0.2) is 9.56 Å². The van der Waals surface area contributed by atoms with Crippen molar-refractivity contribution < 1.29 is 4.74 Å². The minimum Gasteiger partial charge on any atom is -0.486 e. The zero-order valence-electron chi connectivity index (χ0n) is 17.1. The van der Waals surface area contributed by atoms with Crippen LogP contribution in [0.3, 0.4) is 0 Å². The summed E-state index contributed by atoms with van der Waals surface area (Å²) in [6.07, 6.45) is 2.12. The van der Waals surface area contributed by atoms with Gasteiger partial charge < -0.3 is 19.3 Å². The lowest BCUT2D eigenvalue weighted by Crippen LogP contribution is -2.21. The van der Waals surface area contributed by atoms with Crippen LogP contribution < -0.4 is 4.90 Å². The van der Waals surface area contributed by atoms with Gasteiger partial charge in [0.25, 0.3) is 11.6 Å². The molecular weight excluding hydrogens is 368 g/mol. The lowest BCUT2D eigenvalue weighted by atomic mass is 10.2. The van der Waals surface area contributed by atoms with E-state index in [2.05, 4.69) is 48.6 Å². The molecule has 0 N–H and O–H groups in total. The van der Waals surface area contributed by atoms with Crippen molar-refractivity contribution >= 4 is 41.0 Å². The van der Waals surface area contributed by atoms with E-state index in [-0.39, 0.29) is 17.6 Å². The number of rotatable bonds is 9. The first-order chi connectivity index (χ1) is 14.1. The van der Waals surface area contributed by atoms with E-state index in [1.807, 2.05) is 25.1 Å². The first-order valence-electron chi connectivity index (χ1n) is 9.34. The molecule has 0 atom stereocenters. The zero-order valence-corrected chi connectivity index (χ0v) is 17.1. The van der Waals surface area contributed by atoms with Crippen molar-refractivity contribution in [3.05, 3.63) is 41.0 Å². The Morgan fingerprint density at radius 1 is 1.14 bits per heavy atom. The predicted octanol–water partition coefficient (Wildman–Crippen LogP) is 5.96. The first-order valence-corrected chi connectivity index (χ1v) is 9.34. The molecule has 0 saturated heterocycles. The molecule has 0 aliphatic heterocycles. The third-order valence-corrected chi connectivity index (χ3v) is 4.19. The molecule has 1 aromatic heterocycles. The summed E-state index contributed by atoms with van der Waals surface area (Å²) in [6.45, 7) is 23.0. The number of anilines is 1. The van der Waals surface area contributed by atoms with Crippen LogP contribution in [0.15, 0.2) is 33.4 Å². The molecule has 1 aromatic carbocycles. The topological polar surface area (TPSA) is 76.1 Å². The maximum absolute atomic E-state index is 7.34. The van der Waals surface area contributed by atoms with E-state index in [1.54, 1.807) is 4.57 Å². The molecule has 9 heteroatoms. The number of ether oxygens (including phenoxy) is 1. The number of aromatic nitrogens is 2. The van der Waals surface area contributed by atoms with Crippen molar-refractivity contribution in [1.29, 1.82) is 0 Å². The average Bonchev–Trinajstić information content (AvgIpc) is 3.09. The number of benzene rings is 1. The lowest BCUT2D eigenvalue weighted by molar-refractivity contribution is 0.423. The smallest absolute Gasteiger partial charge is 0.416 e. The lowest BCUT2D eigenvalue weighted by Gasteiger charge is -2.21. The summed E-state index contributed by atoms with van der Waals surface area (Å²) < 4.78 is 6.57. The SMILES string of the molecule is [C-]#[N+]c1nc(N=Nc2ccc(N(CC)CC)cc2N=COC)n(CCC)c1[N+]#[C-]. The fourth-order valence-electron chi connectivity index (χ4n) is 2.81. The molecule has 150 valence electrons. The summed E-state index contributed by atoms with van der Waals surface area (Å²) in [6, 6.07) is 5.71. The van der Waals surface area contributed by atoms with Crippen LogP contribution in [0.4, 0.5) is 34.6 Å². The Hall–Kier alpha value is -3.72. The van der Waals surface area contributed by atoms with Crippen molar-refractivity contribution in [2.45, 2.75) is 33.7 Å². The second-order valence-corrected chi connectivity index (χ2v) is 5.95. The van der Waals surface area contributed by atoms with Crippen LogP contribution in [0.5, 0.6) is 0 Å². The van der Waals surface area contributed by atoms with Crippen molar-refractivity contribution in [2.24, 2.45) is 15.2 Å². The van der Waals surface area contributed by atoms with Crippen LogP contribution in [0.25, 0.3) is 9.69 Å². The summed E-state index contributed by atoms with van der Waals surface area (Å²) in [7, 11) is 1.53. The summed E-state index contributed by atoms with van der Waals surface area (Å²) in [5.41, 5.74) is 2.16. The van der Waals surface area contributed by atoms with Crippen molar-refractivity contribution in [2.75, 3.05) is 25.1 Å². The second-order valence-electron chi connectivity index (χ2n) is 5.95. The Morgan fingerprint density at radius 3 is 2.48 bits per heavy atom. The van der Waals surface area contributed by atoms with E-state index in [9.17, 15) is 0 Å². The maximum Gasteiger partial charge on any atom is 0.416 e. The highest BCUT2D eigenvalue weighted by atomic mass is 16.5. The quantitative estimate of drug-likeness (QED) is 0.228. The minimum absolute atomic E-state index is 0.0388. The summed E-state index contributed by atoms with van der Waals surface area (Å²) in [5.74, 6) is 0.459. The van der Waals surface area contributed by atoms with Crippen LogP contribution in [-0.2, 0) is 11.3 Å². The average molecular weight is 392 g/mol. The number of methoxy groups -OCH3 is 1. The number of nitrogens with zero attached hydrogens (tertiary/aromatic N) is 8. The molecule has 2 aromatic rings. The van der Waals surface area contributed by atoms with Crippen LogP contribution in [0, 0.1) is 13.1 Å². The highest BCUT2D eigenvalue weighted by Gasteiger charge is 2.21. The number of azo groups is 1. The summed E-state index contributed by atoms with van der Waals surface area (Å²) in [4.78, 5) is 17.4. The van der Waals surface area contributed by atoms with Gasteiger partial charge in [0.2, 0.25) is 0 Å². The van der Waals surface area contributed by atoms with E-state index in [1.165, 1.54) is 13.5 Å². The minimum atomic E-state index is 0.0388. The van der Waals surface area contributed by atoms with E-state index >= 15 is 0 Å². The molecule has 0 aliphatic carbocycles. The van der Waals surface area contributed by atoms with E-state index in [4.69, 9.17) is 17.9 Å². The normalized spacial score (nSPS) is 11.0. The second kappa shape index (κ2) is 10.6. The number of aliphatic imine (C=N–C) groups is 1. The monoisotopic (exact) mass is 392 g/mol. The Morgan fingerprint density at radius 2 is 1.90 bits per heavy atom. The molecule has 9 nitrogen and oxygen atoms in total. The van der Waals surface area contributed by atoms with E-state index in [0.29, 0.717) is 17.9 Å². The van der Waals surface area contributed by atoms with Gasteiger partial charge in [-0.3, -0.25) is 0 Å². The van der Waals surface area contributed by atoms with Crippen LogP contribution >= 0.6 is 0 Å². The molecule has 0 fully saturated rings. The third-order valence-electron chi connectivity index (χ3n) is 4.19. The van der Waals surface area contributed by atoms with Crippen LogP contribution in [0.1, 0.15) is 27.2 Å². The van der Waals surface area contributed by atoms with Gasteiger partial charge in [-0.05, 0) is 38.5 Å². The molecule has 0 radical (unpaired) electrons. The van der Waals surface area contributed by atoms with Crippen LogP contribution in [0.2, 0.25) is 0 Å². The Kier molecular flexibility index (Phi) is 7.87. The Bertz CT molecular complexity index is 974. The molecular formula is C20H24N8O. The fraction of sp³-hybridized carbons (Fsp3) is 0.400. The summed E-state index contributed by atoms with van der Waals surface area (Å²) in [5, 5.41) is 8.51. The number of hydrogen-bond acceptors (Lipinski definition) is 6. The largest absolute Gasteiger partial charge is 0.486 e. The highest BCUT2D eigenvalue weighted by Crippen LogP contribution is 2.36. The Balaban J connectivity index is 2.49. The van der Waals surface area contributed by atoms with Gasteiger partial charge in [-0.1, -0.05) is 30.2 Å². The Labute approximate surface area is 171 Å². The molecule has 0 bridgehead atoms. The molecule has 29 heavy (non-hydrogen) atoms. The van der Waals surface area contributed by atoms with Crippen molar-refractivity contribution in [1.82, 2.24) is 9.55 Å². The first kappa shape index (κ1) is 21.6. The predicted molar refractivity (Wildman–Crippen MR) is 114 cm³/mol. The molecule has 0 amide bonds. The molecule has 0 spiro atoms. The number of hydrogen-bond donors (Lipinski definition) is 0. The number of imidazole rings is 1.